The van der Waals surface area contributed by atoms with Crippen molar-refractivity contribution in [3.05, 3.63) is 88.9 Å². The molecule has 5 heterocycles. The number of carboxylic acids is 1. The van der Waals surface area contributed by atoms with E-state index < -0.39 is 5.97 Å². The molecular weight excluding hydrogens is 553 g/mol. The molecule has 4 unspecified atom stereocenters. The molecule has 4 atom stereocenters. The molecule has 0 amide bonds. The maximum Gasteiger partial charge on any atom is 1.00 e. The minimum Gasteiger partial charge on any atom is -0.545 e. The minimum absolute atomic E-state index is 0. The smallest absolute Gasteiger partial charge is 0.545 e. The van der Waals surface area contributed by atoms with Crippen molar-refractivity contribution in [3.63, 3.8) is 0 Å². The van der Waals surface area contributed by atoms with Crippen LogP contribution in [0.5, 0.6) is 0 Å². The molecule has 2 fully saturated rings. The Morgan fingerprint density at radius 1 is 0.929 bits per heavy atom. The molecule has 4 aromatic heterocycles. The number of carboxylic acid groups (broad SMARTS) is 1. The molecule has 1 aliphatic carbocycles. The van der Waals surface area contributed by atoms with Gasteiger partial charge in [0.25, 0.3) is 0 Å². The summed E-state index contributed by atoms with van der Waals surface area (Å²) in [5.74, 6) is 1.22. The van der Waals surface area contributed by atoms with Crippen LogP contribution in [0.1, 0.15) is 71.1 Å². The molecule has 214 valence electrons. The Balaban J connectivity index is 0.000000191. The number of pyridine rings is 2. The van der Waals surface area contributed by atoms with Gasteiger partial charge in [0.1, 0.15) is 11.0 Å². The molecule has 1 saturated heterocycles. The number of nitrogens with zero attached hydrogens (tertiary/aromatic N) is 7. The molecule has 0 N–H and O–H groups in total. The van der Waals surface area contributed by atoms with Gasteiger partial charge < -0.3 is 19.5 Å². The fourth-order valence-corrected chi connectivity index (χ4v) is 4.99. The zero-order valence-electron chi connectivity index (χ0n) is 24.1. The SMILES string of the molecule is CC(c1ccc(N2CC3CC3C2)nc1)n1cc(C(=O)[O-])cn1.CCOC(=O)c1cnn(C(C)c2ccc(Cl)nc2)c1.[Li+]. The van der Waals surface area contributed by atoms with Crippen molar-refractivity contribution in [3.8, 4) is 0 Å². The molecule has 6 rings (SSSR count). The van der Waals surface area contributed by atoms with E-state index in [0.717, 1.165) is 41.9 Å². The number of halogens is 1. The van der Waals surface area contributed by atoms with E-state index >= 15 is 0 Å². The van der Waals surface area contributed by atoms with Crippen molar-refractivity contribution in [2.45, 2.75) is 39.3 Å². The van der Waals surface area contributed by atoms with Gasteiger partial charge in [-0.25, -0.2) is 14.8 Å². The van der Waals surface area contributed by atoms with Gasteiger partial charge >= 0.3 is 24.8 Å². The van der Waals surface area contributed by atoms with E-state index in [1.807, 2.05) is 38.2 Å². The second-order valence-electron chi connectivity index (χ2n) is 10.3. The van der Waals surface area contributed by atoms with Gasteiger partial charge in [-0.2, -0.15) is 10.2 Å². The largest absolute Gasteiger partial charge is 1.00 e. The summed E-state index contributed by atoms with van der Waals surface area (Å²) >= 11 is 5.75. The molecule has 0 bridgehead atoms. The van der Waals surface area contributed by atoms with Crippen molar-refractivity contribution in [2.75, 3.05) is 24.6 Å². The summed E-state index contributed by atoms with van der Waals surface area (Å²) in [5, 5.41) is 19.5. The van der Waals surface area contributed by atoms with E-state index in [9.17, 15) is 14.7 Å². The van der Waals surface area contributed by atoms with Crippen LogP contribution >= 0.6 is 11.6 Å². The second kappa shape index (κ2) is 13.5. The topological polar surface area (TPSA) is 131 Å². The summed E-state index contributed by atoms with van der Waals surface area (Å²) in [7, 11) is 0. The molecule has 42 heavy (non-hydrogen) atoms. The molecule has 13 heteroatoms. The number of anilines is 1. The van der Waals surface area contributed by atoms with Crippen molar-refractivity contribution in [2.24, 2.45) is 11.8 Å². The molecule has 11 nitrogen and oxygen atoms in total. The third-order valence-electron chi connectivity index (χ3n) is 7.53. The van der Waals surface area contributed by atoms with Gasteiger partial charge in [-0.1, -0.05) is 23.7 Å². The van der Waals surface area contributed by atoms with Gasteiger partial charge in [0.2, 0.25) is 0 Å². The zero-order chi connectivity index (χ0) is 29.1. The Morgan fingerprint density at radius 2 is 1.50 bits per heavy atom. The van der Waals surface area contributed by atoms with Gasteiger partial charge in [-0.15, -0.1) is 0 Å². The normalized spacial score (nSPS) is 18.1. The van der Waals surface area contributed by atoms with Crippen LogP contribution in [0.3, 0.4) is 0 Å². The standard InChI is InChI=1S/C16H18N4O2.C13H14ClN3O2.Li/c1-10(20-9-14(6-18-20)16(21)22)11-2-3-15(17-5-11)19-7-12-4-13(12)8-19;1-3-19-13(18)11-7-16-17(8-11)9(2)10-4-5-12(14)15-6-10;/h2-3,5-6,9-10,12-13H,4,7-8H2,1H3,(H,21,22);4-9H,3H2,1-2H3;/q;;+1/p-1. The van der Waals surface area contributed by atoms with Gasteiger partial charge in [0.05, 0.1) is 42.6 Å². The van der Waals surface area contributed by atoms with E-state index in [4.69, 9.17) is 16.3 Å². The maximum atomic E-state index is 11.6. The Labute approximate surface area is 261 Å². The Kier molecular flexibility index (Phi) is 10.1. The van der Waals surface area contributed by atoms with Crippen LogP contribution in [0, 0.1) is 11.8 Å². The molecule has 1 aliphatic heterocycles. The number of aromatic carboxylic acids is 1. The Morgan fingerprint density at radius 3 is 2.00 bits per heavy atom. The number of ether oxygens (including phenoxy) is 1. The first-order chi connectivity index (χ1) is 19.7. The van der Waals surface area contributed by atoms with Crippen molar-refractivity contribution >= 4 is 29.4 Å². The number of piperidine rings is 1. The summed E-state index contributed by atoms with van der Waals surface area (Å²) in [6.07, 6.45) is 10.9. The van der Waals surface area contributed by atoms with E-state index in [1.54, 1.807) is 34.7 Å². The molecule has 0 aromatic carbocycles. The average Bonchev–Trinajstić information content (AvgIpc) is 3.41. The molecule has 0 radical (unpaired) electrons. The number of rotatable bonds is 8. The number of carbonyl (C=O) groups excluding carboxylic acids is 2. The van der Waals surface area contributed by atoms with Crippen molar-refractivity contribution in [1.29, 1.82) is 0 Å². The van der Waals surface area contributed by atoms with E-state index in [0.29, 0.717) is 17.3 Å². The van der Waals surface area contributed by atoms with Crippen LogP contribution in [-0.4, -0.2) is 61.2 Å². The zero-order valence-corrected chi connectivity index (χ0v) is 24.8. The number of esters is 1. The van der Waals surface area contributed by atoms with Gasteiger partial charge in [-0.3, -0.25) is 9.36 Å². The van der Waals surface area contributed by atoms with Crippen molar-refractivity contribution < 1.29 is 38.3 Å². The average molecular weight is 584 g/mol. The fourth-order valence-electron chi connectivity index (χ4n) is 4.88. The first kappa shape index (κ1) is 31.3. The first-order valence-corrected chi connectivity index (χ1v) is 13.9. The van der Waals surface area contributed by atoms with Crippen LogP contribution < -0.4 is 28.9 Å². The van der Waals surface area contributed by atoms with E-state index in [1.165, 1.54) is 25.0 Å². The van der Waals surface area contributed by atoms with Crippen molar-refractivity contribution in [1.82, 2.24) is 29.5 Å². The first-order valence-electron chi connectivity index (χ1n) is 13.5. The molecule has 4 aromatic rings. The van der Waals surface area contributed by atoms with E-state index in [-0.39, 0.29) is 42.5 Å². The number of hydrogen-bond acceptors (Lipinski definition) is 9. The Hall–Kier alpha value is -3.65. The quantitative estimate of drug-likeness (QED) is 0.165. The monoisotopic (exact) mass is 583 g/mol. The number of aromatic nitrogens is 6. The molecule has 2 aliphatic rings. The minimum atomic E-state index is -1.21. The van der Waals surface area contributed by atoms with Gasteiger partial charge in [0.15, 0.2) is 0 Å². The number of hydrogen-bond donors (Lipinski definition) is 0. The summed E-state index contributed by atoms with van der Waals surface area (Å²) in [6.45, 7) is 8.30. The van der Waals surface area contributed by atoms with E-state index in [2.05, 4.69) is 25.1 Å². The molecular formula is C29H31ClLiN7O4. The summed E-state index contributed by atoms with van der Waals surface area (Å²) in [6, 6.07) is 7.58. The van der Waals surface area contributed by atoms with Crippen LogP contribution in [0.25, 0.3) is 0 Å². The summed E-state index contributed by atoms with van der Waals surface area (Å²) in [4.78, 5) is 33.3. The third kappa shape index (κ3) is 7.21. The third-order valence-corrected chi connectivity index (χ3v) is 7.76. The Bertz CT molecular complexity index is 1500. The predicted molar refractivity (Wildman–Crippen MR) is 150 cm³/mol. The van der Waals surface area contributed by atoms with Crippen LogP contribution in [0.2, 0.25) is 5.15 Å². The fraction of sp³-hybridized carbons (Fsp3) is 0.379. The number of fused-ring (bicyclic) bond motifs is 1. The predicted octanol–water partition coefficient (Wildman–Crippen LogP) is 0.429. The van der Waals surface area contributed by atoms with Crippen LogP contribution in [0.15, 0.2) is 61.4 Å². The molecule has 1 saturated carbocycles. The van der Waals surface area contributed by atoms with Gasteiger partial charge in [-0.05, 0) is 62.3 Å². The summed E-state index contributed by atoms with van der Waals surface area (Å²) in [5.41, 5.74) is 2.49. The number of carbonyl (C=O) groups is 2. The second-order valence-corrected chi connectivity index (χ2v) is 10.7. The molecule has 0 spiro atoms. The van der Waals surface area contributed by atoms with Crippen LogP contribution in [0.4, 0.5) is 5.82 Å². The van der Waals surface area contributed by atoms with Gasteiger partial charge in [0, 0.05) is 43.4 Å². The maximum absolute atomic E-state index is 11.6. The van der Waals surface area contributed by atoms with Crippen LogP contribution in [-0.2, 0) is 4.74 Å². The summed E-state index contributed by atoms with van der Waals surface area (Å²) < 4.78 is 8.23.